The van der Waals surface area contributed by atoms with Gasteiger partial charge in [-0.3, -0.25) is 0 Å². The molecule has 0 amide bonds. The summed E-state index contributed by atoms with van der Waals surface area (Å²) >= 11 is 5.71. The summed E-state index contributed by atoms with van der Waals surface area (Å²) in [5.41, 5.74) is 2.61. The zero-order valence-electron chi connectivity index (χ0n) is 6.10. The van der Waals surface area contributed by atoms with E-state index in [4.69, 9.17) is 11.6 Å². The fraction of sp³-hybridized carbons (Fsp3) is 0.333. The second-order valence-corrected chi connectivity index (χ2v) is 2.52. The van der Waals surface area contributed by atoms with Crippen LogP contribution in [0.25, 0.3) is 0 Å². The predicted molar refractivity (Wildman–Crippen MR) is 45.4 cm³/mol. The summed E-state index contributed by atoms with van der Waals surface area (Å²) in [5, 5.41) is 0. The summed E-state index contributed by atoms with van der Waals surface area (Å²) in [4.78, 5) is 0. The van der Waals surface area contributed by atoms with Crippen LogP contribution in [-0.4, -0.2) is 0 Å². The largest absolute Gasteiger partial charge is 0.122 e. The quantitative estimate of drug-likeness (QED) is 0.575. The lowest BCUT2D eigenvalue weighted by Crippen LogP contribution is -1.86. The van der Waals surface area contributed by atoms with Crippen LogP contribution in [0, 0.1) is 0 Å². The lowest BCUT2D eigenvalue weighted by atomic mass is 10.1. The minimum absolute atomic E-state index is 0.629. The van der Waals surface area contributed by atoms with Gasteiger partial charge < -0.3 is 0 Å². The molecule has 1 aromatic carbocycles. The fourth-order valence-electron chi connectivity index (χ4n) is 1.03. The van der Waals surface area contributed by atoms with Gasteiger partial charge in [0, 0.05) is 5.88 Å². The van der Waals surface area contributed by atoms with E-state index in [0.717, 1.165) is 6.42 Å². The van der Waals surface area contributed by atoms with Crippen LogP contribution < -0.4 is 0 Å². The maximum absolute atomic E-state index is 5.71. The second kappa shape index (κ2) is 3.62. The maximum atomic E-state index is 5.71. The van der Waals surface area contributed by atoms with Crippen molar-refractivity contribution >= 4 is 11.6 Å². The van der Waals surface area contributed by atoms with Crippen molar-refractivity contribution in [3.8, 4) is 0 Å². The van der Waals surface area contributed by atoms with Crippen LogP contribution >= 0.6 is 11.6 Å². The molecule has 0 spiro atoms. The molecule has 0 atom stereocenters. The molecule has 0 unspecified atom stereocenters. The summed E-state index contributed by atoms with van der Waals surface area (Å²) in [6, 6.07) is 8.27. The van der Waals surface area contributed by atoms with E-state index in [2.05, 4.69) is 25.1 Å². The van der Waals surface area contributed by atoms with Crippen molar-refractivity contribution in [1.82, 2.24) is 0 Å². The molecule has 1 heteroatoms. The lowest BCUT2D eigenvalue weighted by Gasteiger charge is -2.01. The topological polar surface area (TPSA) is 0 Å². The molecule has 0 aliphatic carbocycles. The van der Waals surface area contributed by atoms with Gasteiger partial charge in [0.05, 0.1) is 0 Å². The molecular formula is C9H11Cl. The molecule has 0 aliphatic heterocycles. The van der Waals surface area contributed by atoms with E-state index in [0.29, 0.717) is 5.88 Å². The van der Waals surface area contributed by atoms with Gasteiger partial charge in [0.1, 0.15) is 0 Å². The third-order valence-corrected chi connectivity index (χ3v) is 1.93. The van der Waals surface area contributed by atoms with E-state index in [1.165, 1.54) is 11.1 Å². The average molecular weight is 155 g/mol. The third kappa shape index (κ3) is 1.51. The first-order valence-corrected chi connectivity index (χ1v) is 4.04. The molecule has 0 heterocycles. The Labute approximate surface area is 66.8 Å². The van der Waals surface area contributed by atoms with Crippen molar-refractivity contribution < 1.29 is 0 Å². The van der Waals surface area contributed by atoms with Crippen molar-refractivity contribution in [1.29, 1.82) is 0 Å². The van der Waals surface area contributed by atoms with Gasteiger partial charge in [-0.1, -0.05) is 31.2 Å². The zero-order valence-corrected chi connectivity index (χ0v) is 6.86. The molecule has 0 bridgehead atoms. The Hall–Kier alpha value is -0.490. The first-order valence-electron chi connectivity index (χ1n) is 3.51. The normalized spacial score (nSPS) is 9.80. The molecule has 0 nitrogen and oxygen atoms in total. The Morgan fingerprint density at radius 3 is 2.20 bits per heavy atom. The molecule has 54 valence electrons. The minimum Gasteiger partial charge on any atom is -0.122 e. The van der Waals surface area contributed by atoms with Crippen LogP contribution in [-0.2, 0) is 12.3 Å². The Morgan fingerprint density at radius 1 is 1.20 bits per heavy atom. The molecule has 1 rings (SSSR count). The van der Waals surface area contributed by atoms with Gasteiger partial charge in [-0.05, 0) is 17.5 Å². The van der Waals surface area contributed by atoms with Crippen molar-refractivity contribution in [3.63, 3.8) is 0 Å². The van der Waals surface area contributed by atoms with Gasteiger partial charge in [-0.25, -0.2) is 0 Å². The van der Waals surface area contributed by atoms with Gasteiger partial charge in [0.25, 0.3) is 0 Å². The predicted octanol–water partition coefficient (Wildman–Crippen LogP) is 2.99. The van der Waals surface area contributed by atoms with Gasteiger partial charge in [-0.2, -0.15) is 0 Å². The molecule has 0 fully saturated rings. The maximum Gasteiger partial charge on any atom is 0.0476 e. The number of hydrogen-bond acceptors (Lipinski definition) is 0. The van der Waals surface area contributed by atoms with Crippen molar-refractivity contribution in [3.05, 3.63) is 35.4 Å². The molecule has 0 N–H and O–H groups in total. The summed E-state index contributed by atoms with van der Waals surface area (Å²) in [7, 11) is 0. The Kier molecular flexibility index (Phi) is 2.76. The molecule has 0 saturated carbocycles. The minimum atomic E-state index is 0.629. The first-order chi connectivity index (χ1) is 4.88. The first kappa shape index (κ1) is 7.62. The average Bonchev–Trinajstić information content (AvgIpc) is 2.04. The van der Waals surface area contributed by atoms with Crippen LogP contribution in [0.15, 0.2) is 24.3 Å². The van der Waals surface area contributed by atoms with Crippen molar-refractivity contribution in [2.24, 2.45) is 0 Å². The van der Waals surface area contributed by atoms with E-state index >= 15 is 0 Å². The fourth-order valence-corrected chi connectivity index (χ4v) is 1.29. The number of halogens is 1. The Morgan fingerprint density at radius 2 is 1.80 bits per heavy atom. The van der Waals surface area contributed by atoms with Gasteiger partial charge in [0.15, 0.2) is 0 Å². The SMILES string of the molecule is CCc1ccccc1CCl. The highest BCUT2D eigenvalue weighted by atomic mass is 35.5. The zero-order chi connectivity index (χ0) is 7.40. The van der Waals surface area contributed by atoms with Crippen LogP contribution in [0.4, 0.5) is 0 Å². The van der Waals surface area contributed by atoms with Crippen LogP contribution in [0.2, 0.25) is 0 Å². The monoisotopic (exact) mass is 154 g/mol. The number of aryl methyl sites for hydroxylation is 1. The molecule has 0 radical (unpaired) electrons. The lowest BCUT2D eigenvalue weighted by molar-refractivity contribution is 1.10. The summed E-state index contributed by atoms with van der Waals surface area (Å²) in [6.07, 6.45) is 1.07. The van der Waals surface area contributed by atoms with Crippen LogP contribution in [0.1, 0.15) is 18.1 Å². The number of rotatable bonds is 2. The molecular weight excluding hydrogens is 144 g/mol. The smallest absolute Gasteiger partial charge is 0.0476 e. The number of alkyl halides is 1. The molecule has 1 aromatic rings. The van der Waals surface area contributed by atoms with Crippen LogP contribution in [0.5, 0.6) is 0 Å². The van der Waals surface area contributed by atoms with Crippen LogP contribution in [0.3, 0.4) is 0 Å². The standard InChI is InChI=1S/C9H11Cl/c1-2-8-5-3-4-6-9(8)7-10/h3-6H,2,7H2,1H3. The number of benzene rings is 1. The van der Waals surface area contributed by atoms with Gasteiger partial charge in [-0.15, -0.1) is 11.6 Å². The van der Waals surface area contributed by atoms with E-state index in [1.54, 1.807) is 0 Å². The van der Waals surface area contributed by atoms with E-state index in [9.17, 15) is 0 Å². The molecule has 0 saturated heterocycles. The second-order valence-electron chi connectivity index (χ2n) is 2.26. The highest BCUT2D eigenvalue weighted by molar-refractivity contribution is 6.17. The summed E-state index contributed by atoms with van der Waals surface area (Å²) in [6.45, 7) is 2.14. The van der Waals surface area contributed by atoms with E-state index in [1.807, 2.05) is 6.07 Å². The Bertz CT molecular complexity index is 183. The van der Waals surface area contributed by atoms with Gasteiger partial charge >= 0.3 is 0 Å². The van der Waals surface area contributed by atoms with Gasteiger partial charge in [0.2, 0.25) is 0 Å². The highest BCUT2D eigenvalue weighted by Crippen LogP contribution is 2.11. The molecule has 0 aliphatic rings. The summed E-state index contributed by atoms with van der Waals surface area (Å²) in [5.74, 6) is 0.629. The highest BCUT2D eigenvalue weighted by Gasteiger charge is 1.95. The number of hydrogen-bond donors (Lipinski definition) is 0. The summed E-state index contributed by atoms with van der Waals surface area (Å²) < 4.78 is 0. The van der Waals surface area contributed by atoms with E-state index < -0.39 is 0 Å². The third-order valence-electron chi connectivity index (χ3n) is 1.64. The molecule has 10 heavy (non-hydrogen) atoms. The van der Waals surface area contributed by atoms with E-state index in [-0.39, 0.29) is 0 Å². The van der Waals surface area contributed by atoms with Crippen molar-refractivity contribution in [2.45, 2.75) is 19.2 Å². The Balaban J connectivity index is 2.96. The molecule has 0 aromatic heterocycles. The van der Waals surface area contributed by atoms with Crippen molar-refractivity contribution in [2.75, 3.05) is 0 Å².